The molecule has 1 aliphatic heterocycles. The lowest BCUT2D eigenvalue weighted by molar-refractivity contribution is -0.157. The Bertz CT molecular complexity index is 591. The Kier molecular flexibility index (Phi) is 8.58. The molecular weight excluding hydrogens is 387 g/mol. The number of guanidine groups is 1. The second-order valence-electron chi connectivity index (χ2n) is 7.81. The van der Waals surface area contributed by atoms with Crippen molar-refractivity contribution in [1.82, 2.24) is 20.4 Å². The van der Waals surface area contributed by atoms with Crippen molar-refractivity contribution in [3.63, 3.8) is 0 Å². The van der Waals surface area contributed by atoms with Gasteiger partial charge >= 0.3 is 6.18 Å². The first-order chi connectivity index (χ1) is 13.7. The molecule has 1 unspecified atom stereocenters. The Labute approximate surface area is 170 Å². The molecule has 2 rings (SSSR count). The van der Waals surface area contributed by atoms with E-state index < -0.39 is 18.6 Å². The van der Waals surface area contributed by atoms with Crippen molar-refractivity contribution in [3.05, 3.63) is 0 Å². The third-order valence-corrected chi connectivity index (χ3v) is 5.35. The van der Waals surface area contributed by atoms with E-state index in [-0.39, 0.29) is 24.4 Å². The zero-order chi connectivity index (χ0) is 21.4. The van der Waals surface area contributed by atoms with Crippen molar-refractivity contribution in [2.45, 2.75) is 57.7 Å². The van der Waals surface area contributed by atoms with E-state index in [9.17, 15) is 22.8 Å². The van der Waals surface area contributed by atoms with Crippen LogP contribution < -0.4 is 10.6 Å². The SMILES string of the molecule is CCNC(=NCC(=O)N(C)CC(F)(F)F)NC1CCN(C(=O)C2CCCCC2)C1. The normalized spacial score (nSPS) is 21.2. The van der Waals surface area contributed by atoms with Crippen LogP contribution in [0.3, 0.4) is 0 Å². The van der Waals surface area contributed by atoms with Gasteiger partial charge in [0.05, 0.1) is 0 Å². The van der Waals surface area contributed by atoms with Crippen LogP contribution in [-0.2, 0) is 9.59 Å². The highest BCUT2D eigenvalue weighted by molar-refractivity contribution is 5.85. The van der Waals surface area contributed by atoms with Gasteiger partial charge in [0.2, 0.25) is 11.8 Å². The number of hydrogen-bond acceptors (Lipinski definition) is 3. The monoisotopic (exact) mass is 419 g/mol. The van der Waals surface area contributed by atoms with Gasteiger partial charge in [-0.05, 0) is 26.2 Å². The quantitative estimate of drug-likeness (QED) is 0.508. The fourth-order valence-electron chi connectivity index (χ4n) is 3.82. The van der Waals surface area contributed by atoms with Gasteiger partial charge in [-0.2, -0.15) is 13.2 Å². The molecule has 2 aliphatic rings. The van der Waals surface area contributed by atoms with Crippen LogP contribution >= 0.6 is 0 Å². The number of nitrogens with zero attached hydrogens (tertiary/aromatic N) is 3. The van der Waals surface area contributed by atoms with Crippen molar-refractivity contribution >= 4 is 17.8 Å². The molecule has 1 saturated heterocycles. The average Bonchev–Trinajstić information content (AvgIpc) is 3.13. The van der Waals surface area contributed by atoms with Crippen LogP contribution in [0, 0.1) is 5.92 Å². The maximum atomic E-state index is 12.7. The number of carbonyl (C=O) groups is 2. The van der Waals surface area contributed by atoms with Gasteiger partial charge in [0.1, 0.15) is 13.1 Å². The van der Waals surface area contributed by atoms with Gasteiger partial charge in [0.15, 0.2) is 5.96 Å². The van der Waals surface area contributed by atoms with Crippen molar-refractivity contribution in [1.29, 1.82) is 0 Å². The number of alkyl halides is 3. The number of nitrogens with one attached hydrogen (secondary N) is 2. The molecule has 1 aliphatic carbocycles. The van der Waals surface area contributed by atoms with Gasteiger partial charge in [0.25, 0.3) is 0 Å². The molecule has 0 aromatic rings. The minimum absolute atomic E-state index is 0.00310. The zero-order valence-corrected chi connectivity index (χ0v) is 17.2. The molecule has 0 aromatic heterocycles. The van der Waals surface area contributed by atoms with E-state index in [4.69, 9.17) is 0 Å². The topological polar surface area (TPSA) is 77.0 Å². The van der Waals surface area contributed by atoms with E-state index in [1.54, 1.807) is 0 Å². The molecule has 166 valence electrons. The average molecular weight is 419 g/mol. The maximum Gasteiger partial charge on any atom is 0.406 e. The molecule has 7 nitrogen and oxygen atoms in total. The van der Waals surface area contributed by atoms with Crippen LogP contribution in [0.2, 0.25) is 0 Å². The van der Waals surface area contributed by atoms with E-state index in [2.05, 4.69) is 15.6 Å². The van der Waals surface area contributed by atoms with Gasteiger partial charge in [-0.25, -0.2) is 4.99 Å². The Balaban J connectivity index is 1.85. The van der Waals surface area contributed by atoms with Gasteiger partial charge in [-0.1, -0.05) is 19.3 Å². The predicted octanol–water partition coefficient (Wildman–Crippen LogP) is 1.74. The fourth-order valence-corrected chi connectivity index (χ4v) is 3.82. The summed E-state index contributed by atoms with van der Waals surface area (Å²) in [5.74, 6) is 0.0179. The molecule has 0 spiro atoms. The first kappa shape index (κ1) is 23.3. The highest BCUT2D eigenvalue weighted by Crippen LogP contribution is 2.26. The molecule has 1 saturated carbocycles. The van der Waals surface area contributed by atoms with E-state index in [1.165, 1.54) is 6.42 Å². The van der Waals surface area contributed by atoms with Gasteiger partial charge < -0.3 is 20.4 Å². The fraction of sp³-hybridized carbons (Fsp3) is 0.842. The third-order valence-electron chi connectivity index (χ3n) is 5.35. The minimum atomic E-state index is -4.44. The summed E-state index contributed by atoms with van der Waals surface area (Å²) >= 11 is 0. The third kappa shape index (κ3) is 7.74. The minimum Gasteiger partial charge on any atom is -0.357 e. The molecular formula is C19H32F3N5O2. The number of likely N-dealkylation sites (tertiary alicyclic amines) is 1. The number of aliphatic imine (C=N–C) groups is 1. The lowest BCUT2D eigenvalue weighted by Crippen LogP contribution is -2.46. The molecule has 1 atom stereocenters. The molecule has 1 heterocycles. The lowest BCUT2D eigenvalue weighted by Gasteiger charge is -2.26. The van der Waals surface area contributed by atoms with Crippen molar-refractivity contribution in [2.24, 2.45) is 10.9 Å². The number of likely N-dealkylation sites (N-methyl/N-ethyl adjacent to an activating group) is 1. The highest BCUT2D eigenvalue weighted by Gasteiger charge is 2.32. The summed E-state index contributed by atoms with van der Waals surface area (Å²) < 4.78 is 37.2. The summed E-state index contributed by atoms with van der Waals surface area (Å²) in [7, 11) is 1.11. The highest BCUT2D eigenvalue weighted by atomic mass is 19.4. The summed E-state index contributed by atoms with van der Waals surface area (Å²) in [5.41, 5.74) is 0. The van der Waals surface area contributed by atoms with Crippen LogP contribution in [0.4, 0.5) is 13.2 Å². The molecule has 2 amide bonds. The van der Waals surface area contributed by atoms with E-state index in [0.717, 1.165) is 39.2 Å². The number of rotatable bonds is 6. The zero-order valence-electron chi connectivity index (χ0n) is 17.2. The predicted molar refractivity (Wildman–Crippen MR) is 104 cm³/mol. The Morgan fingerprint density at radius 3 is 2.48 bits per heavy atom. The number of hydrogen-bond donors (Lipinski definition) is 2. The summed E-state index contributed by atoms with van der Waals surface area (Å²) in [6.45, 7) is 1.99. The number of halogens is 3. The molecule has 0 radical (unpaired) electrons. The van der Waals surface area contributed by atoms with Crippen LogP contribution in [0.15, 0.2) is 4.99 Å². The maximum absolute atomic E-state index is 12.7. The Morgan fingerprint density at radius 2 is 1.86 bits per heavy atom. The Hall–Kier alpha value is -2.00. The Morgan fingerprint density at radius 1 is 1.17 bits per heavy atom. The summed E-state index contributed by atoms with van der Waals surface area (Å²) in [5, 5.41) is 6.20. The van der Waals surface area contributed by atoms with Gasteiger partial charge in [0, 0.05) is 38.6 Å². The molecule has 0 aromatic carbocycles. The van der Waals surface area contributed by atoms with Crippen LogP contribution in [0.1, 0.15) is 45.4 Å². The molecule has 0 bridgehead atoms. The van der Waals surface area contributed by atoms with Crippen molar-refractivity contribution < 1.29 is 22.8 Å². The van der Waals surface area contributed by atoms with E-state index >= 15 is 0 Å². The number of carbonyl (C=O) groups excluding carboxylic acids is 2. The molecule has 2 fully saturated rings. The van der Waals surface area contributed by atoms with Crippen molar-refractivity contribution in [2.75, 3.05) is 39.8 Å². The lowest BCUT2D eigenvalue weighted by atomic mass is 9.88. The first-order valence-electron chi connectivity index (χ1n) is 10.3. The largest absolute Gasteiger partial charge is 0.406 e. The van der Waals surface area contributed by atoms with Crippen molar-refractivity contribution in [3.8, 4) is 0 Å². The second-order valence-corrected chi connectivity index (χ2v) is 7.81. The van der Waals surface area contributed by atoms with E-state index in [1.807, 2.05) is 11.8 Å². The summed E-state index contributed by atoms with van der Waals surface area (Å²) in [6.07, 6.45) is 1.68. The van der Waals surface area contributed by atoms with Gasteiger partial charge in [-0.15, -0.1) is 0 Å². The van der Waals surface area contributed by atoms with Crippen LogP contribution in [-0.4, -0.2) is 79.6 Å². The second kappa shape index (κ2) is 10.7. The summed E-state index contributed by atoms with van der Waals surface area (Å²) in [4.78, 5) is 31.2. The van der Waals surface area contributed by atoms with Crippen LogP contribution in [0.25, 0.3) is 0 Å². The smallest absolute Gasteiger partial charge is 0.357 e. The van der Waals surface area contributed by atoms with Crippen LogP contribution in [0.5, 0.6) is 0 Å². The molecule has 10 heteroatoms. The van der Waals surface area contributed by atoms with E-state index in [0.29, 0.717) is 30.5 Å². The molecule has 29 heavy (non-hydrogen) atoms. The molecule has 2 N–H and O–H groups in total. The summed E-state index contributed by atoms with van der Waals surface area (Å²) in [6, 6.07) is 0.00310. The number of amides is 2. The van der Waals surface area contributed by atoms with Gasteiger partial charge in [-0.3, -0.25) is 9.59 Å². The standard InChI is InChI=1S/C19H32F3N5O2/c1-3-23-18(24-11-16(28)26(2)13-19(20,21)22)25-15-9-10-27(12-15)17(29)14-7-5-4-6-8-14/h14-15H,3-13H2,1-2H3,(H2,23,24,25). The first-order valence-corrected chi connectivity index (χ1v) is 10.3.